The summed E-state index contributed by atoms with van der Waals surface area (Å²) in [7, 11) is 0. The Hall–Kier alpha value is -0.860. The maximum absolute atomic E-state index is 9.38. The summed E-state index contributed by atoms with van der Waals surface area (Å²) in [4.78, 5) is 0. The molecule has 2 nitrogen and oxygen atoms in total. The van der Waals surface area contributed by atoms with Crippen LogP contribution in [0.5, 0.6) is 0 Å². The molecule has 1 rings (SSSR count). The van der Waals surface area contributed by atoms with Crippen LogP contribution >= 0.6 is 0 Å². The van der Waals surface area contributed by atoms with Crippen molar-refractivity contribution in [2.24, 2.45) is 5.92 Å². The van der Waals surface area contributed by atoms with Gasteiger partial charge in [0.2, 0.25) is 0 Å². The van der Waals surface area contributed by atoms with E-state index in [1.807, 2.05) is 0 Å². The van der Waals surface area contributed by atoms with Gasteiger partial charge in [-0.2, -0.15) is 0 Å². The Kier molecular flexibility index (Phi) is 5.66. The molecule has 2 heteroatoms. The predicted octanol–water partition coefficient (Wildman–Crippen LogP) is 3.05. The molecular weight excluding hydrogens is 210 g/mol. The second kappa shape index (κ2) is 6.77. The van der Waals surface area contributed by atoms with Gasteiger partial charge in [-0.05, 0) is 37.3 Å². The van der Waals surface area contributed by atoms with Crippen molar-refractivity contribution in [1.82, 2.24) is 5.32 Å². The standard InChI is InChI=1S/C15H25NO/c1-11(2)9-14(10-17)16-13(4)15-8-6-5-7-12(15)3/h5-8,11,13-14,16-17H,9-10H2,1-4H3. The molecule has 1 aromatic carbocycles. The summed E-state index contributed by atoms with van der Waals surface area (Å²) in [6, 6.07) is 8.87. The average molecular weight is 235 g/mol. The first-order valence-electron chi connectivity index (χ1n) is 6.47. The fourth-order valence-corrected chi connectivity index (χ4v) is 2.28. The summed E-state index contributed by atoms with van der Waals surface area (Å²) >= 11 is 0. The van der Waals surface area contributed by atoms with Gasteiger partial charge in [-0.15, -0.1) is 0 Å². The number of aryl methyl sites for hydroxylation is 1. The van der Waals surface area contributed by atoms with Gasteiger partial charge in [0.05, 0.1) is 6.61 Å². The van der Waals surface area contributed by atoms with E-state index in [4.69, 9.17) is 0 Å². The van der Waals surface area contributed by atoms with E-state index in [1.165, 1.54) is 11.1 Å². The molecule has 2 atom stereocenters. The van der Waals surface area contributed by atoms with Crippen molar-refractivity contribution in [3.63, 3.8) is 0 Å². The lowest BCUT2D eigenvalue weighted by Gasteiger charge is -2.24. The van der Waals surface area contributed by atoms with Gasteiger partial charge in [0.1, 0.15) is 0 Å². The van der Waals surface area contributed by atoms with E-state index < -0.39 is 0 Å². The molecule has 96 valence electrons. The number of hydrogen-bond acceptors (Lipinski definition) is 2. The van der Waals surface area contributed by atoms with Gasteiger partial charge < -0.3 is 10.4 Å². The topological polar surface area (TPSA) is 32.3 Å². The highest BCUT2D eigenvalue weighted by molar-refractivity contribution is 5.28. The normalized spacial score (nSPS) is 14.9. The molecule has 0 aromatic heterocycles. The van der Waals surface area contributed by atoms with E-state index in [1.54, 1.807) is 0 Å². The number of nitrogens with one attached hydrogen (secondary N) is 1. The molecule has 0 saturated carbocycles. The molecule has 2 N–H and O–H groups in total. The summed E-state index contributed by atoms with van der Waals surface area (Å²) in [5, 5.41) is 12.9. The third-order valence-electron chi connectivity index (χ3n) is 3.12. The van der Waals surface area contributed by atoms with Crippen LogP contribution in [-0.2, 0) is 0 Å². The van der Waals surface area contributed by atoms with E-state index in [-0.39, 0.29) is 18.7 Å². The summed E-state index contributed by atoms with van der Waals surface area (Å²) in [5.74, 6) is 0.601. The number of aliphatic hydroxyl groups excluding tert-OH is 1. The predicted molar refractivity (Wildman–Crippen MR) is 73.1 cm³/mol. The van der Waals surface area contributed by atoms with Crippen LogP contribution in [0.3, 0.4) is 0 Å². The Morgan fingerprint density at radius 1 is 1.18 bits per heavy atom. The first kappa shape index (κ1) is 14.2. The minimum Gasteiger partial charge on any atom is -0.395 e. The van der Waals surface area contributed by atoms with Crippen LogP contribution in [0, 0.1) is 12.8 Å². The summed E-state index contributed by atoms with van der Waals surface area (Å²) in [6.07, 6.45) is 1.01. The molecule has 0 spiro atoms. The molecule has 0 aliphatic heterocycles. The van der Waals surface area contributed by atoms with Crippen LogP contribution in [0.15, 0.2) is 24.3 Å². The maximum atomic E-state index is 9.38. The lowest BCUT2D eigenvalue weighted by Crippen LogP contribution is -2.35. The van der Waals surface area contributed by atoms with Gasteiger partial charge in [-0.3, -0.25) is 0 Å². The number of benzene rings is 1. The largest absolute Gasteiger partial charge is 0.395 e. The van der Waals surface area contributed by atoms with Crippen molar-refractivity contribution in [2.75, 3.05) is 6.61 Å². The summed E-state index contributed by atoms with van der Waals surface area (Å²) < 4.78 is 0. The Morgan fingerprint density at radius 3 is 2.35 bits per heavy atom. The first-order chi connectivity index (χ1) is 8.04. The van der Waals surface area contributed by atoms with E-state index in [9.17, 15) is 5.11 Å². The third kappa shape index (κ3) is 4.49. The fourth-order valence-electron chi connectivity index (χ4n) is 2.28. The molecule has 0 bridgehead atoms. The molecule has 0 radical (unpaired) electrons. The lowest BCUT2D eigenvalue weighted by molar-refractivity contribution is 0.215. The Morgan fingerprint density at radius 2 is 1.82 bits per heavy atom. The first-order valence-corrected chi connectivity index (χ1v) is 6.47. The monoisotopic (exact) mass is 235 g/mol. The second-order valence-electron chi connectivity index (χ2n) is 5.25. The smallest absolute Gasteiger partial charge is 0.0584 e. The van der Waals surface area contributed by atoms with Crippen molar-refractivity contribution in [3.8, 4) is 0 Å². The zero-order valence-electron chi connectivity index (χ0n) is 11.4. The van der Waals surface area contributed by atoms with E-state index in [0.717, 1.165) is 6.42 Å². The van der Waals surface area contributed by atoms with Gasteiger partial charge in [-0.25, -0.2) is 0 Å². The molecule has 0 aliphatic rings. The fraction of sp³-hybridized carbons (Fsp3) is 0.600. The van der Waals surface area contributed by atoms with Crippen LogP contribution in [-0.4, -0.2) is 17.8 Å². The lowest BCUT2D eigenvalue weighted by atomic mass is 9.99. The summed E-state index contributed by atoms with van der Waals surface area (Å²) in [5.41, 5.74) is 2.61. The Balaban J connectivity index is 2.64. The SMILES string of the molecule is Cc1ccccc1C(C)NC(CO)CC(C)C. The van der Waals surface area contributed by atoms with Crippen LogP contribution in [0.25, 0.3) is 0 Å². The molecule has 0 fully saturated rings. The van der Waals surface area contributed by atoms with Gasteiger partial charge >= 0.3 is 0 Å². The van der Waals surface area contributed by atoms with E-state index in [2.05, 4.69) is 57.3 Å². The molecule has 0 saturated heterocycles. The molecular formula is C15H25NO. The molecule has 2 unspecified atom stereocenters. The van der Waals surface area contributed by atoms with Crippen molar-refractivity contribution in [2.45, 2.75) is 46.2 Å². The molecule has 0 heterocycles. The van der Waals surface area contributed by atoms with Gasteiger partial charge in [0, 0.05) is 12.1 Å². The third-order valence-corrected chi connectivity index (χ3v) is 3.12. The Labute approximate surface area is 105 Å². The van der Waals surface area contributed by atoms with E-state index in [0.29, 0.717) is 5.92 Å². The molecule has 0 amide bonds. The number of aliphatic hydroxyl groups is 1. The van der Waals surface area contributed by atoms with E-state index >= 15 is 0 Å². The van der Waals surface area contributed by atoms with Crippen molar-refractivity contribution >= 4 is 0 Å². The highest BCUT2D eigenvalue weighted by Gasteiger charge is 2.14. The zero-order valence-corrected chi connectivity index (χ0v) is 11.4. The quantitative estimate of drug-likeness (QED) is 0.794. The van der Waals surface area contributed by atoms with Gasteiger partial charge in [-0.1, -0.05) is 38.1 Å². The van der Waals surface area contributed by atoms with Gasteiger partial charge in [0.15, 0.2) is 0 Å². The number of rotatable bonds is 6. The minimum absolute atomic E-state index is 0.185. The van der Waals surface area contributed by atoms with Crippen molar-refractivity contribution in [1.29, 1.82) is 0 Å². The minimum atomic E-state index is 0.185. The van der Waals surface area contributed by atoms with Crippen LogP contribution < -0.4 is 5.32 Å². The highest BCUT2D eigenvalue weighted by Crippen LogP contribution is 2.18. The maximum Gasteiger partial charge on any atom is 0.0584 e. The van der Waals surface area contributed by atoms with Crippen molar-refractivity contribution < 1.29 is 5.11 Å². The van der Waals surface area contributed by atoms with Crippen LogP contribution in [0.1, 0.15) is 44.4 Å². The second-order valence-corrected chi connectivity index (χ2v) is 5.25. The highest BCUT2D eigenvalue weighted by atomic mass is 16.3. The van der Waals surface area contributed by atoms with Crippen molar-refractivity contribution in [3.05, 3.63) is 35.4 Å². The average Bonchev–Trinajstić information content (AvgIpc) is 2.27. The number of hydrogen-bond donors (Lipinski definition) is 2. The molecule has 0 aliphatic carbocycles. The zero-order chi connectivity index (χ0) is 12.8. The van der Waals surface area contributed by atoms with Crippen LogP contribution in [0.2, 0.25) is 0 Å². The molecule has 17 heavy (non-hydrogen) atoms. The Bertz CT molecular complexity index is 335. The molecule has 1 aromatic rings. The van der Waals surface area contributed by atoms with Crippen LogP contribution in [0.4, 0.5) is 0 Å². The summed E-state index contributed by atoms with van der Waals surface area (Å²) in [6.45, 7) is 8.86. The van der Waals surface area contributed by atoms with Gasteiger partial charge in [0.25, 0.3) is 0 Å².